The van der Waals surface area contributed by atoms with Crippen molar-refractivity contribution in [2.24, 2.45) is 0 Å². The summed E-state index contributed by atoms with van der Waals surface area (Å²) in [4.78, 5) is 27.8. The Hall–Kier alpha value is -2.97. The second-order valence-corrected chi connectivity index (χ2v) is 10.0. The van der Waals surface area contributed by atoms with E-state index in [0.717, 1.165) is 16.9 Å². The minimum Gasteiger partial charge on any atom is -0.383 e. The number of aryl methyl sites for hydroxylation is 1. The topological polar surface area (TPSA) is 76.5 Å². The lowest BCUT2D eigenvalue weighted by Gasteiger charge is -2.22. The molecule has 0 unspecified atom stereocenters. The Kier molecular flexibility index (Phi) is 8.28. The third kappa shape index (κ3) is 6.33. The van der Waals surface area contributed by atoms with E-state index in [-0.39, 0.29) is 30.3 Å². The van der Waals surface area contributed by atoms with Gasteiger partial charge in [0.05, 0.1) is 23.6 Å². The lowest BCUT2D eigenvalue weighted by atomic mass is 9.92. The second kappa shape index (κ2) is 11.0. The van der Waals surface area contributed by atoms with Gasteiger partial charge < -0.3 is 15.0 Å². The molecule has 0 bridgehead atoms. The smallest absolute Gasteiger partial charge is 0.255 e. The third-order valence-electron chi connectivity index (χ3n) is 5.28. The fourth-order valence-electron chi connectivity index (χ4n) is 3.41. The molecule has 0 aliphatic rings. The molecule has 2 aromatic carbocycles. The van der Waals surface area contributed by atoms with Gasteiger partial charge in [0.1, 0.15) is 12.4 Å². The fraction of sp³-hybridized carbons (Fsp3) is 0.346. The average Bonchev–Trinajstić information content (AvgIpc) is 3.20. The standard InChI is InChI=1S/C26H31BrN4O3/c1-18-9-8-10-19(15-18)31-23(16-22(29-31)26(2,3)4)28-24(32)17-30(13-14-34-5)25(33)20-11-6-7-12-21(20)27/h6-12,15-16H,13-14,17H2,1-5H3,(H,28,32). The average molecular weight is 527 g/mol. The molecule has 34 heavy (non-hydrogen) atoms. The lowest BCUT2D eigenvalue weighted by Crippen LogP contribution is -2.40. The first-order valence-electron chi connectivity index (χ1n) is 11.1. The molecule has 180 valence electrons. The summed E-state index contributed by atoms with van der Waals surface area (Å²) in [6.45, 7) is 8.72. The van der Waals surface area contributed by atoms with Crippen molar-refractivity contribution in [3.63, 3.8) is 0 Å². The first-order valence-corrected chi connectivity index (χ1v) is 11.9. The third-order valence-corrected chi connectivity index (χ3v) is 5.97. The van der Waals surface area contributed by atoms with Crippen molar-refractivity contribution in [1.29, 1.82) is 0 Å². The number of hydrogen-bond acceptors (Lipinski definition) is 4. The van der Waals surface area contributed by atoms with Crippen LogP contribution in [0.4, 0.5) is 5.82 Å². The van der Waals surface area contributed by atoms with Gasteiger partial charge in [-0.15, -0.1) is 0 Å². The predicted octanol–water partition coefficient (Wildman–Crippen LogP) is 4.97. The number of carbonyl (C=O) groups is 2. The number of methoxy groups -OCH3 is 1. The monoisotopic (exact) mass is 526 g/mol. The molecular weight excluding hydrogens is 496 g/mol. The molecule has 7 nitrogen and oxygen atoms in total. The molecule has 2 amide bonds. The number of benzene rings is 2. The van der Waals surface area contributed by atoms with Gasteiger partial charge in [-0.25, -0.2) is 4.68 Å². The molecule has 0 aliphatic heterocycles. The van der Waals surface area contributed by atoms with Crippen molar-refractivity contribution in [2.45, 2.75) is 33.1 Å². The number of nitrogens with one attached hydrogen (secondary N) is 1. The Morgan fingerprint density at radius 1 is 1.12 bits per heavy atom. The van der Waals surface area contributed by atoms with Gasteiger partial charge >= 0.3 is 0 Å². The predicted molar refractivity (Wildman–Crippen MR) is 138 cm³/mol. The molecule has 1 N–H and O–H groups in total. The van der Waals surface area contributed by atoms with Crippen molar-refractivity contribution in [3.05, 3.63) is 75.9 Å². The second-order valence-electron chi connectivity index (χ2n) is 9.16. The van der Waals surface area contributed by atoms with Gasteiger partial charge in [-0.05, 0) is 52.7 Å². The highest BCUT2D eigenvalue weighted by atomic mass is 79.9. The van der Waals surface area contributed by atoms with Crippen molar-refractivity contribution in [2.75, 3.05) is 32.1 Å². The molecular formula is C26H31BrN4O3. The summed E-state index contributed by atoms with van der Waals surface area (Å²) < 4.78 is 7.58. The normalized spacial score (nSPS) is 11.4. The van der Waals surface area contributed by atoms with Crippen LogP contribution in [-0.4, -0.2) is 53.3 Å². The summed E-state index contributed by atoms with van der Waals surface area (Å²) in [5.41, 5.74) is 3.09. The van der Waals surface area contributed by atoms with Crippen LogP contribution in [0.25, 0.3) is 5.69 Å². The van der Waals surface area contributed by atoms with Gasteiger partial charge in [0.2, 0.25) is 5.91 Å². The first-order chi connectivity index (χ1) is 16.1. The zero-order valence-corrected chi connectivity index (χ0v) is 21.8. The van der Waals surface area contributed by atoms with Gasteiger partial charge in [0, 0.05) is 29.6 Å². The van der Waals surface area contributed by atoms with E-state index in [1.807, 2.05) is 43.3 Å². The van der Waals surface area contributed by atoms with Crippen LogP contribution in [0.2, 0.25) is 0 Å². The Balaban J connectivity index is 1.87. The molecule has 1 aromatic heterocycles. The Labute approximate surface area is 209 Å². The van der Waals surface area contributed by atoms with Crippen LogP contribution < -0.4 is 5.32 Å². The number of nitrogens with zero attached hydrogens (tertiary/aromatic N) is 3. The molecule has 0 spiro atoms. The number of rotatable bonds is 8. The van der Waals surface area contributed by atoms with Crippen LogP contribution in [0.1, 0.15) is 42.4 Å². The fourth-order valence-corrected chi connectivity index (χ4v) is 3.86. The Morgan fingerprint density at radius 3 is 2.50 bits per heavy atom. The van der Waals surface area contributed by atoms with E-state index in [9.17, 15) is 9.59 Å². The number of amides is 2. The quantitative estimate of drug-likeness (QED) is 0.449. The molecule has 0 atom stereocenters. The molecule has 0 saturated carbocycles. The highest BCUT2D eigenvalue weighted by Gasteiger charge is 2.24. The summed E-state index contributed by atoms with van der Waals surface area (Å²) in [7, 11) is 1.57. The summed E-state index contributed by atoms with van der Waals surface area (Å²) in [5, 5.41) is 7.73. The van der Waals surface area contributed by atoms with Crippen LogP contribution in [0.15, 0.2) is 59.1 Å². The Morgan fingerprint density at radius 2 is 1.85 bits per heavy atom. The highest BCUT2D eigenvalue weighted by Crippen LogP contribution is 2.27. The molecule has 0 aliphatic carbocycles. The van der Waals surface area contributed by atoms with E-state index in [1.165, 1.54) is 4.90 Å². The summed E-state index contributed by atoms with van der Waals surface area (Å²) in [6.07, 6.45) is 0. The van der Waals surface area contributed by atoms with E-state index < -0.39 is 0 Å². The zero-order chi connectivity index (χ0) is 24.9. The van der Waals surface area contributed by atoms with Crippen LogP contribution in [0.3, 0.4) is 0 Å². The SMILES string of the molecule is COCCN(CC(=O)Nc1cc(C(C)(C)C)nn1-c1cccc(C)c1)C(=O)c1ccccc1Br. The maximum atomic E-state index is 13.2. The van der Waals surface area contributed by atoms with E-state index in [2.05, 4.69) is 42.0 Å². The summed E-state index contributed by atoms with van der Waals surface area (Å²) in [6, 6.07) is 17.0. The molecule has 3 rings (SSSR count). The van der Waals surface area contributed by atoms with Crippen LogP contribution in [-0.2, 0) is 14.9 Å². The Bertz CT molecular complexity index is 1170. The highest BCUT2D eigenvalue weighted by molar-refractivity contribution is 9.10. The van der Waals surface area contributed by atoms with Gasteiger partial charge in [0.15, 0.2) is 0 Å². The number of carbonyl (C=O) groups excluding carboxylic acids is 2. The summed E-state index contributed by atoms with van der Waals surface area (Å²) >= 11 is 3.42. The number of hydrogen-bond donors (Lipinski definition) is 1. The lowest BCUT2D eigenvalue weighted by molar-refractivity contribution is -0.117. The van der Waals surface area contributed by atoms with Crippen LogP contribution in [0, 0.1) is 6.92 Å². The first kappa shape index (κ1) is 25.6. The van der Waals surface area contributed by atoms with Crippen molar-refractivity contribution >= 4 is 33.6 Å². The molecule has 3 aromatic rings. The number of halogens is 1. The van der Waals surface area contributed by atoms with Crippen molar-refractivity contribution in [3.8, 4) is 5.69 Å². The van der Waals surface area contributed by atoms with Crippen molar-refractivity contribution < 1.29 is 14.3 Å². The maximum Gasteiger partial charge on any atom is 0.255 e. The zero-order valence-electron chi connectivity index (χ0n) is 20.3. The largest absolute Gasteiger partial charge is 0.383 e. The van der Waals surface area contributed by atoms with Crippen LogP contribution >= 0.6 is 15.9 Å². The van der Waals surface area contributed by atoms with Crippen molar-refractivity contribution in [1.82, 2.24) is 14.7 Å². The summed E-state index contributed by atoms with van der Waals surface area (Å²) in [5.74, 6) is -0.00595. The molecule has 0 fully saturated rings. The minimum absolute atomic E-state index is 0.118. The van der Waals surface area contributed by atoms with E-state index in [0.29, 0.717) is 22.5 Å². The molecule has 1 heterocycles. The molecule has 0 radical (unpaired) electrons. The van der Waals surface area contributed by atoms with E-state index in [4.69, 9.17) is 9.84 Å². The molecule has 8 heteroatoms. The van der Waals surface area contributed by atoms with Gasteiger partial charge in [0.25, 0.3) is 5.91 Å². The van der Waals surface area contributed by atoms with E-state index >= 15 is 0 Å². The van der Waals surface area contributed by atoms with Gasteiger partial charge in [-0.3, -0.25) is 9.59 Å². The van der Waals surface area contributed by atoms with E-state index in [1.54, 1.807) is 30.0 Å². The number of aromatic nitrogens is 2. The van der Waals surface area contributed by atoms with Crippen LogP contribution in [0.5, 0.6) is 0 Å². The maximum absolute atomic E-state index is 13.2. The number of anilines is 1. The minimum atomic E-state index is -0.314. The van der Waals surface area contributed by atoms with Gasteiger partial charge in [-0.2, -0.15) is 5.10 Å². The van der Waals surface area contributed by atoms with Gasteiger partial charge in [-0.1, -0.05) is 45.0 Å². The molecule has 0 saturated heterocycles. The number of ether oxygens (including phenoxy) is 1.